The van der Waals surface area contributed by atoms with Gasteiger partial charge in [-0.2, -0.15) is 11.8 Å². The lowest BCUT2D eigenvalue weighted by molar-refractivity contribution is -0.125. The highest BCUT2D eigenvalue weighted by atomic mass is 32.2. The molecule has 2 amide bonds. The summed E-state index contributed by atoms with van der Waals surface area (Å²) in [7, 11) is 0. The molecule has 7 heteroatoms. The summed E-state index contributed by atoms with van der Waals surface area (Å²) < 4.78 is 19.6. The van der Waals surface area contributed by atoms with Crippen LogP contribution in [-0.2, 0) is 16.0 Å². The van der Waals surface area contributed by atoms with E-state index < -0.39 is 24.1 Å². The van der Waals surface area contributed by atoms with Crippen molar-refractivity contribution in [3.63, 3.8) is 0 Å². The van der Waals surface area contributed by atoms with Crippen LogP contribution < -0.4 is 10.6 Å². The van der Waals surface area contributed by atoms with Gasteiger partial charge in [0.25, 0.3) is 5.91 Å². The highest BCUT2D eigenvalue weighted by molar-refractivity contribution is 7.99. The largest absolute Gasteiger partial charge is 0.433 e. The number of nitrogens with two attached hydrogens (primary N) is 1. The Balaban J connectivity index is 1.52. The zero-order chi connectivity index (χ0) is 15.9. The first-order chi connectivity index (χ1) is 11.1. The van der Waals surface area contributed by atoms with Gasteiger partial charge in [0.2, 0.25) is 6.10 Å². The number of primary amides is 1. The molecule has 5 nitrogen and oxygen atoms in total. The molecular formula is C16H15FN2O3S. The molecule has 1 saturated carbocycles. The first-order valence-electron chi connectivity index (χ1n) is 7.75. The Morgan fingerprint density at radius 2 is 2.09 bits per heavy atom. The normalized spacial score (nSPS) is 36.5. The predicted octanol–water partition coefficient (Wildman–Crippen LogP) is 1.64. The number of fused-ring (bicyclic) bond motifs is 4. The monoisotopic (exact) mass is 334 g/mol. The minimum Gasteiger partial charge on any atom is -0.433 e. The second-order valence-electron chi connectivity index (χ2n) is 6.74. The van der Waals surface area contributed by atoms with Crippen molar-refractivity contribution in [3.8, 4) is 0 Å². The van der Waals surface area contributed by atoms with Crippen molar-refractivity contribution < 1.29 is 18.7 Å². The maximum Gasteiger partial charge on any atom is 0.415 e. The molecule has 5 rings (SSSR count). The van der Waals surface area contributed by atoms with Gasteiger partial charge in [-0.05, 0) is 52.9 Å². The van der Waals surface area contributed by atoms with Crippen LogP contribution in [0.15, 0.2) is 12.1 Å². The van der Waals surface area contributed by atoms with Crippen LogP contribution in [-0.4, -0.2) is 35.7 Å². The maximum absolute atomic E-state index is 14.6. The standard InChI is InChI=1S/C16H15FN2O3S/c17-10-3-11-6(1-7(10)13-8-4-23-5-9(8)13)2-12-14(15(18)20)22-16(21)19(11)12/h1,3,8-9,12-14H,2,4-5H2,(H2,18,20)/t8?,9?,12-,13?,14+/m0/s1. The van der Waals surface area contributed by atoms with Crippen molar-refractivity contribution >= 4 is 29.4 Å². The number of carbonyl (C=O) groups excluding carboxylic acids is 2. The average molecular weight is 334 g/mol. The molecule has 0 spiro atoms. The minimum atomic E-state index is -0.960. The average Bonchev–Trinajstić information content (AvgIpc) is 2.88. The fourth-order valence-corrected chi connectivity index (χ4v) is 6.02. The molecule has 2 saturated heterocycles. The van der Waals surface area contributed by atoms with E-state index in [0.717, 1.165) is 22.6 Å². The molecule has 1 aromatic rings. The molecule has 2 unspecified atom stereocenters. The van der Waals surface area contributed by atoms with Gasteiger partial charge in [-0.1, -0.05) is 6.07 Å². The molecule has 4 atom stereocenters. The molecule has 23 heavy (non-hydrogen) atoms. The lowest BCUT2D eigenvalue weighted by Gasteiger charge is -2.14. The summed E-state index contributed by atoms with van der Waals surface area (Å²) in [5.74, 6) is 2.80. The zero-order valence-corrected chi connectivity index (χ0v) is 13.0. The fourth-order valence-electron chi connectivity index (χ4n) is 4.43. The lowest BCUT2D eigenvalue weighted by Crippen LogP contribution is -2.41. The first-order valence-corrected chi connectivity index (χ1v) is 8.91. The quantitative estimate of drug-likeness (QED) is 0.892. The van der Waals surface area contributed by atoms with Crippen molar-refractivity contribution in [2.45, 2.75) is 24.5 Å². The molecule has 2 N–H and O–H groups in total. The molecule has 1 aromatic carbocycles. The van der Waals surface area contributed by atoms with Crippen molar-refractivity contribution in [3.05, 3.63) is 29.1 Å². The third kappa shape index (κ3) is 1.74. The number of cyclic esters (lactones) is 1. The van der Waals surface area contributed by atoms with Gasteiger partial charge in [0.05, 0.1) is 11.7 Å². The second kappa shape index (κ2) is 4.41. The summed E-state index contributed by atoms with van der Waals surface area (Å²) in [6.45, 7) is 0. The smallest absolute Gasteiger partial charge is 0.415 e. The Labute approximate surface area is 136 Å². The van der Waals surface area contributed by atoms with Crippen LogP contribution in [0.1, 0.15) is 17.0 Å². The van der Waals surface area contributed by atoms with E-state index >= 15 is 0 Å². The Morgan fingerprint density at radius 3 is 2.78 bits per heavy atom. The fraction of sp³-hybridized carbons (Fsp3) is 0.500. The van der Waals surface area contributed by atoms with E-state index in [2.05, 4.69) is 0 Å². The van der Waals surface area contributed by atoms with Crippen molar-refractivity contribution in [1.29, 1.82) is 0 Å². The van der Waals surface area contributed by atoms with E-state index in [9.17, 15) is 14.0 Å². The molecule has 1 aliphatic carbocycles. The van der Waals surface area contributed by atoms with Gasteiger partial charge >= 0.3 is 6.09 Å². The summed E-state index contributed by atoms with van der Waals surface area (Å²) in [4.78, 5) is 24.8. The SMILES string of the molecule is NC(=O)[C@@H]1OC(=O)N2c3cc(F)c(C4C5CSCC54)cc3C[C@@H]12. The molecule has 3 aliphatic heterocycles. The topological polar surface area (TPSA) is 72.6 Å². The van der Waals surface area contributed by atoms with E-state index in [0.29, 0.717) is 29.9 Å². The van der Waals surface area contributed by atoms with Crippen molar-refractivity contribution in [1.82, 2.24) is 0 Å². The van der Waals surface area contributed by atoms with Crippen LogP contribution in [0.25, 0.3) is 0 Å². The van der Waals surface area contributed by atoms with Gasteiger partial charge in [0.15, 0.2) is 0 Å². The van der Waals surface area contributed by atoms with Crippen LogP contribution in [0.5, 0.6) is 0 Å². The van der Waals surface area contributed by atoms with Crippen LogP contribution >= 0.6 is 11.8 Å². The third-order valence-corrected chi connectivity index (χ3v) is 6.83. The summed E-state index contributed by atoms with van der Waals surface area (Å²) in [6.07, 6.45) is -1.10. The Kier molecular flexibility index (Phi) is 2.62. The second-order valence-corrected chi connectivity index (χ2v) is 7.82. The Hall–Kier alpha value is -1.76. The number of nitrogens with zero attached hydrogens (tertiary/aromatic N) is 1. The van der Waals surface area contributed by atoms with Gasteiger partial charge in [0, 0.05) is 0 Å². The van der Waals surface area contributed by atoms with Gasteiger partial charge < -0.3 is 10.5 Å². The van der Waals surface area contributed by atoms with E-state index in [-0.39, 0.29) is 5.82 Å². The highest BCUT2D eigenvalue weighted by Crippen LogP contribution is 2.62. The van der Waals surface area contributed by atoms with E-state index in [1.807, 2.05) is 17.8 Å². The van der Waals surface area contributed by atoms with Crippen LogP contribution in [0.3, 0.4) is 0 Å². The van der Waals surface area contributed by atoms with Gasteiger partial charge in [0.1, 0.15) is 5.82 Å². The Bertz CT molecular complexity index is 745. The predicted molar refractivity (Wildman–Crippen MR) is 82.9 cm³/mol. The van der Waals surface area contributed by atoms with Gasteiger partial charge in [-0.3, -0.25) is 9.69 Å². The lowest BCUT2D eigenvalue weighted by atomic mass is 10.00. The number of carbonyl (C=O) groups is 2. The number of thioether (sulfide) groups is 1. The summed E-state index contributed by atoms with van der Waals surface area (Å²) in [5, 5.41) is 0. The number of rotatable bonds is 2. The van der Waals surface area contributed by atoms with Crippen molar-refractivity contribution in [2.24, 2.45) is 17.6 Å². The molecule has 0 radical (unpaired) electrons. The molecule has 0 aromatic heterocycles. The van der Waals surface area contributed by atoms with Crippen molar-refractivity contribution in [2.75, 3.05) is 16.4 Å². The first kappa shape index (κ1) is 13.7. The number of amides is 2. The van der Waals surface area contributed by atoms with Crippen LogP contribution in [0, 0.1) is 17.7 Å². The van der Waals surface area contributed by atoms with Gasteiger partial charge in [-0.25, -0.2) is 9.18 Å². The highest BCUT2D eigenvalue weighted by Gasteiger charge is 2.56. The maximum atomic E-state index is 14.6. The summed E-state index contributed by atoms with van der Waals surface area (Å²) >= 11 is 1.94. The molecule has 3 fully saturated rings. The van der Waals surface area contributed by atoms with E-state index in [4.69, 9.17) is 10.5 Å². The molecule has 120 valence electrons. The van der Waals surface area contributed by atoms with E-state index in [1.54, 1.807) is 0 Å². The number of benzene rings is 1. The molecule has 3 heterocycles. The summed E-state index contributed by atoms with van der Waals surface area (Å²) in [5.41, 5.74) is 7.51. The van der Waals surface area contributed by atoms with E-state index in [1.165, 1.54) is 11.0 Å². The van der Waals surface area contributed by atoms with Gasteiger partial charge in [-0.15, -0.1) is 0 Å². The number of hydrogen-bond donors (Lipinski definition) is 1. The molecular weight excluding hydrogens is 319 g/mol. The number of anilines is 1. The Morgan fingerprint density at radius 1 is 1.35 bits per heavy atom. The van der Waals surface area contributed by atoms with Crippen LogP contribution in [0.2, 0.25) is 0 Å². The zero-order valence-electron chi connectivity index (χ0n) is 12.2. The third-order valence-electron chi connectivity index (χ3n) is 5.58. The molecule has 4 aliphatic rings. The number of hydrogen-bond acceptors (Lipinski definition) is 4. The summed E-state index contributed by atoms with van der Waals surface area (Å²) in [6, 6.07) is 2.87. The number of halogens is 1. The number of ether oxygens (including phenoxy) is 1. The van der Waals surface area contributed by atoms with Crippen LogP contribution in [0.4, 0.5) is 14.9 Å². The molecule has 0 bridgehead atoms. The minimum absolute atomic E-state index is 0.260.